The minimum Gasteiger partial charge on any atom is -0.481 e. The van der Waals surface area contributed by atoms with Crippen LogP contribution in [0.25, 0.3) is 0 Å². The summed E-state index contributed by atoms with van der Waals surface area (Å²) in [5.74, 6) is -0.958. The number of hydrogen-bond acceptors (Lipinski definition) is 4. The Morgan fingerprint density at radius 3 is 2.60 bits per heavy atom. The SMILES string of the molecule is CCC(CNc1nc(C)cc(C)c1C(N)=O)CC(=O)O. The van der Waals surface area contributed by atoms with E-state index in [1.54, 1.807) is 13.0 Å². The maximum Gasteiger partial charge on any atom is 0.303 e. The van der Waals surface area contributed by atoms with Crippen molar-refractivity contribution in [1.29, 1.82) is 0 Å². The molecule has 0 spiro atoms. The van der Waals surface area contributed by atoms with Crippen LogP contribution in [0.5, 0.6) is 0 Å². The number of amides is 1. The smallest absolute Gasteiger partial charge is 0.303 e. The van der Waals surface area contributed by atoms with Crippen molar-refractivity contribution in [2.75, 3.05) is 11.9 Å². The Morgan fingerprint density at radius 2 is 2.10 bits per heavy atom. The summed E-state index contributed by atoms with van der Waals surface area (Å²) >= 11 is 0. The standard InChI is InChI=1S/C14H21N3O3/c1-4-10(6-11(18)19)7-16-14-12(13(15)20)8(2)5-9(3)17-14/h5,10H,4,6-7H2,1-3H3,(H2,15,20)(H,16,17)(H,18,19). The fourth-order valence-corrected chi connectivity index (χ4v) is 2.12. The molecule has 0 aliphatic heterocycles. The predicted octanol–water partition coefficient (Wildman–Crippen LogP) is 1.71. The molecule has 1 rings (SSSR count). The Hall–Kier alpha value is -2.11. The van der Waals surface area contributed by atoms with Crippen LogP contribution in [0.2, 0.25) is 0 Å². The van der Waals surface area contributed by atoms with Crippen molar-refractivity contribution < 1.29 is 14.7 Å². The number of aliphatic carboxylic acids is 1. The van der Waals surface area contributed by atoms with E-state index in [9.17, 15) is 9.59 Å². The fraction of sp³-hybridized carbons (Fsp3) is 0.500. The number of carbonyl (C=O) groups excluding carboxylic acids is 1. The number of rotatable bonds is 7. The molecule has 0 fully saturated rings. The predicted molar refractivity (Wildman–Crippen MR) is 76.8 cm³/mol. The Kier molecular flexibility index (Phi) is 5.49. The summed E-state index contributed by atoms with van der Waals surface area (Å²) in [5.41, 5.74) is 7.28. The zero-order chi connectivity index (χ0) is 15.3. The minimum absolute atomic E-state index is 0.0177. The number of carboxylic acid groups (broad SMARTS) is 1. The minimum atomic E-state index is -0.831. The Balaban J connectivity index is 2.91. The van der Waals surface area contributed by atoms with Crippen molar-refractivity contribution in [3.8, 4) is 0 Å². The van der Waals surface area contributed by atoms with E-state index in [0.29, 0.717) is 17.9 Å². The molecule has 0 aliphatic carbocycles. The van der Waals surface area contributed by atoms with E-state index >= 15 is 0 Å². The summed E-state index contributed by atoms with van der Waals surface area (Å²) in [6.07, 6.45) is 0.816. The molecule has 110 valence electrons. The lowest BCUT2D eigenvalue weighted by Crippen LogP contribution is -2.22. The number of carboxylic acids is 1. The lowest BCUT2D eigenvalue weighted by molar-refractivity contribution is -0.138. The summed E-state index contributed by atoms with van der Waals surface area (Å²) in [6, 6.07) is 1.79. The highest BCUT2D eigenvalue weighted by atomic mass is 16.4. The molecule has 0 bridgehead atoms. The van der Waals surface area contributed by atoms with Gasteiger partial charge in [0.15, 0.2) is 0 Å². The summed E-state index contributed by atoms with van der Waals surface area (Å²) in [6.45, 7) is 6.00. The van der Waals surface area contributed by atoms with E-state index in [1.165, 1.54) is 0 Å². The van der Waals surface area contributed by atoms with Gasteiger partial charge in [-0.2, -0.15) is 0 Å². The number of nitrogens with zero attached hydrogens (tertiary/aromatic N) is 1. The molecule has 6 heteroatoms. The molecule has 0 saturated carbocycles. The van der Waals surface area contributed by atoms with Gasteiger partial charge >= 0.3 is 5.97 Å². The molecule has 1 amide bonds. The number of hydrogen-bond donors (Lipinski definition) is 3. The first kappa shape index (κ1) is 15.9. The van der Waals surface area contributed by atoms with Crippen molar-refractivity contribution in [3.63, 3.8) is 0 Å². The number of aryl methyl sites for hydroxylation is 2. The molecule has 0 saturated heterocycles. The van der Waals surface area contributed by atoms with Crippen LogP contribution in [-0.4, -0.2) is 28.5 Å². The molecule has 1 heterocycles. The van der Waals surface area contributed by atoms with Crippen molar-refractivity contribution in [2.45, 2.75) is 33.6 Å². The van der Waals surface area contributed by atoms with Crippen LogP contribution in [0.1, 0.15) is 41.4 Å². The normalized spacial score (nSPS) is 11.9. The van der Waals surface area contributed by atoms with Crippen molar-refractivity contribution in [2.24, 2.45) is 11.7 Å². The monoisotopic (exact) mass is 279 g/mol. The lowest BCUT2D eigenvalue weighted by Gasteiger charge is -2.16. The third kappa shape index (κ3) is 4.22. The van der Waals surface area contributed by atoms with E-state index in [2.05, 4.69) is 10.3 Å². The van der Waals surface area contributed by atoms with Crippen LogP contribution in [0.4, 0.5) is 5.82 Å². The first-order chi connectivity index (χ1) is 9.35. The molecule has 0 aromatic carbocycles. The molecule has 4 N–H and O–H groups in total. The maximum atomic E-state index is 11.5. The number of primary amides is 1. The average Bonchev–Trinajstić information content (AvgIpc) is 2.32. The van der Waals surface area contributed by atoms with Crippen molar-refractivity contribution >= 4 is 17.7 Å². The summed E-state index contributed by atoms with van der Waals surface area (Å²) in [4.78, 5) is 26.5. The van der Waals surface area contributed by atoms with Crippen LogP contribution in [0.3, 0.4) is 0 Å². The van der Waals surface area contributed by atoms with Gasteiger partial charge in [0.25, 0.3) is 5.91 Å². The van der Waals surface area contributed by atoms with Gasteiger partial charge in [-0.3, -0.25) is 9.59 Å². The van der Waals surface area contributed by atoms with Crippen LogP contribution in [0.15, 0.2) is 6.07 Å². The Bertz CT molecular complexity index is 515. The molecule has 0 radical (unpaired) electrons. The van der Waals surface area contributed by atoms with Gasteiger partial charge in [-0.25, -0.2) is 4.98 Å². The Labute approximate surface area is 118 Å². The molecule has 1 atom stereocenters. The molecular formula is C14H21N3O3. The summed E-state index contributed by atoms with van der Waals surface area (Å²) in [5, 5.41) is 11.9. The van der Waals surface area contributed by atoms with Crippen LogP contribution in [0, 0.1) is 19.8 Å². The molecule has 1 aromatic rings. The lowest BCUT2D eigenvalue weighted by atomic mass is 10.0. The van der Waals surface area contributed by atoms with Gasteiger partial charge in [0.1, 0.15) is 5.82 Å². The first-order valence-electron chi connectivity index (χ1n) is 6.58. The number of anilines is 1. The van der Waals surface area contributed by atoms with Crippen molar-refractivity contribution in [1.82, 2.24) is 4.98 Å². The van der Waals surface area contributed by atoms with E-state index in [1.807, 2.05) is 13.8 Å². The second kappa shape index (κ2) is 6.88. The van der Waals surface area contributed by atoms with E-state index in [0.717, 1.165) is 17.7 Å². The van der Waals surface area contributed by atoms with Crippen molar-refractivity contribution in [3.05, 3.63) is 22.9 Å². The fourth-order valence-electron chi connectivity index (χ4n) is 2.12. The van der Waals surface area contributed by atoms with Crippen LogP contribution in [-0.2, 0) is 4.79 Å². The van der Waals surface area contributed by atoms with E-state index < -0.39 is 11.9 Å². The molecule has 20 heavy (non-hydrogen) atoms. The van der Waals surface area contributed by atoms with Gasteiger partial charge in [-0.15, -0.1) is 0 Å². The number of nitrogens with one attached hydrogen (secondary N) is 1. The number of carbonyl (C=O) groups is 2. The van der Waals surface area contributed by atoms with Crippen LogP contribution >= 0.6 is 0 Å². The van der Waals surface area contributed by atoms with Gasteiger partial charge in [-0.1, -0.05) is 13.3 Å². The highest BCUT2D eigenvalue weighted by molar-refractivity contribution is 5.99. The summed E-state index contributed by atoms with van der Waals surface area (Å²) in [7, 11) is 0. The summed E-state index contributed by atoms with van der Waals surface area (Å²) < 4.78 is 0. The number of aromatic nitrogens is 1. The molecular weight excluding hydrogens is 258 g/mol. The van der Waals surface area contributed by atoms with Gasteiger partial charge in [0.05, 0.1) is 5.56 Å². The Morgan fingerprint density at radius 1 is 1.45 bits per heavy atom. The number of pyridine rings is 1. The van der Waals surface area contributed by atoms with Gasteiger partial charge < -0.3 is 16.2 Å². The highest BCUT2D eigenvalue weighted by Gasteiger charge is 2.16. The topological polar surface area (TPSA) is 105 Å². The van der Waals surface area contributed by atoms with Gasteiger partial charge in [-0.05, 0) is 31.4 Å². The zero-order valence-corrected chi connectivity index (χ0v) is 12.1. The molecule has 6 nitrogen and oxygen atoms in total. The van der Waals surface area contributed by atoms with E-state index in [-0.39, 0.29) is 12.3 Å². The first-order valence-corrected chi connectivity index (χ1v) is 6.58. The second-order valence-corrected chi connectivity index (χ2v) is 4.92. The quantitative estimate of drug-likeness (QED) is 0.704. The maximum absolute atomic E-state index is 11.5. The van der Waals surface area contributed by atoms with Gasteiger partial charge in [0, 0.05) is 18.7 Å². The number of nitrogens with two attached hydrogens (primary N) is 1. The zero-order valence-electron chi connectivity index (χ0n) is 12.1. The second-order valence-electron chi connectivity index (χ2n) is 4.92. The van der Waals surface area contributed by atoms with Crippen LogP contribution < -0.4 is 11.1 Å². The third-order valence-electron chi connectivity index (χ3n) is 3.19. The molecule has 0 aliphatic rings. The highest BCUT2D eigenvalue weighted by Crippen LogP contribution is 2.19. The largest absolute Gasteiger partial charge is 0.481 e. The molecule has 1 aromatic heterocycles. The van der Waals surface area contributed by atoms with E-state index in [4.69, 9.17) is 10.8 Å². The average molecular weight is 279 g/mol. The van der Waals surface area contributed by atoms with Gasteiger partial charge in [0.2, 0.25) is 0 Å². The third-order valence-corrected chi connectivity index (χ3v) is 3.19. The molecule has 1 unspecified atom stereocenters.